The molecule has 0 bridgehead atoms. The molecule has 1 spiro atoms. The van der Waals surface area contributed by atoms with Crippen LogP contribution in [0.4, 0.5) is 4.79 Å². The zero-order valence-corrected chi connectivity index (χ0v) is 23.2. The molecule has 0 aromatic carbocycles. The Morgan fingerprint density at radius 2 is 2.03 bits per heavy atom. The lowest BCUT2D eigenvalue weighted by molar-refractivity contribution is -0.0739. The van der Waals surface area contributed by atoms with Gasteiger partial charge in [0.05, 0.1) is 11.8 Å². The van der Waals surface area contributed by atoms with E-state index in [2.05, 4.69) is 28.1 Å². The van der Waals surface area contributed by atoms with E-state index >= 15 is 0 Å². The molecule has 4 rings (SSSR count). The molecule has 37 heavy (non-hydrogen) atoms. The molecule has 1 aromatic rings. The molecule has 1 aliphatic heterocycles. The van der Waals surface area contributed by atoms with Crippen LogP contribution in [0.25, 0.3) is 0 Å². The van der Waals surface area contributed by atoms with Gasteiger partial charge in [0.2, 0.25) is 0 Å². The Labute approximate surface area is 222 Å². The normalized spacial score (nSPS) is 25.6. The highest BCUT2D eigenvalue weighted by Gasteiger charge is 2.47. The van der Waals surface area contributed by atoms with Gasteiger partial charge in [0.15, 0.2) is 0 Å². The van der Waals surface area contributed by atoms with Crippen molar-refractivity contribution < 1.29 is 23.7 Å². The zero-order chi connectivity index (χ0) is 26.1. The lowest BCUT2D eigenvalue weighted by atomic mass is 9.65. The Bertz CT molecular complexity index is 835. The summed E-state index contributed by atoms with van der Waals surface area (Å²) in [6.45, 7) is 4.16. The molecular formula is C28H48N4O5. The molecule has 1 aromatic heterocycles. The molecule has 9 nitrogen and oxygen atoms in total. The Morgan fingerprint density at radius 3 is 2.76 bits per heavy atom. The van der Waals surface area contributed by atoms with Crippen molar-refractivity contribution in [2.24, 2.45) is 5.41 Å². The number of amides is 1. The van der Waals surface area contributed by atoms with Gasteiger partial charge < -0.3 is 24.3 Å². The standard InChI is InChI=1S/C28H48N4O5/c1-29-27(33)37-18-14-31(2)20-23-21-32(25-9-4-7-16-36-25)30-26(23)22-10-11-24(35-17-8-15-34-3)28(19-22)12-5-6-13-28/h21-22,24-25H,4-20H2,1-3H3,(H,29,33). The van der Waals surface area contributed by atoms with Crippen LogP contribution in [-0.4, -0.2) is 81.1 Å². The van der Waals surface area contributed by atoms with Crippen LogP contribution in [-0.2, 0) is 25.5 Å². The maximum atomic E-state index is 11.4. The van der Waals surface area contributed by atoms with Crippen molar-refractivity contribution in [2.45, 2.75) is 95.4 Å². The minimum absolute atomic E-state index is 0.0315. The second kappa shape index (κ2) is 13.9. The van der Waals surface area contributed by atoms with Crippen LogP contribution in [0.5, 0.6) is 0 Å². The number of likely N-dealkylation sites (N-methyl/N-ethyl adjacent to an activating group) is 1. The molecular weight excluding hydrogens is 472 g/mol. The fourth-order valence-corrected chi connectivity index (χ4v) is 6.64. The first-order chi connectivity index (χ1) is 18.0. The average Bonchev–Trinajstić information content (AvgIpc) is 3.55. The van der Waals surface area contributed by atoms with E-state index in [1.807, 2.05) is 0 Å². The molecule has 1 amide bonds. The summed E-state index contributed by atoms with van der Waals surface area (Å²) in [5.74, 6) is 0.437. The largest absolute Gasteiger partial charge is 0.448 e. The predicted octanol–water partition coefficient (Wildman–Crippen LogP) is 4.62. The molecule has 210 valence electrons. The first kappa shape index (κ1) is 28.3. The topological polar surface area (TPSA) is 87.1 Å². The second-order valence-electron chi connectivity index (χ2n) is 11.2. The van der Waals surface area contributed by atoms with Gasteiger partial charge in [-0.1, -0.05) is 12.8 Å². The molecule has 2 saturated carbocycles. The summed E-state index contributed by atoms with van der Waals surface area (Å²) in [5.41, 5.74) is 2.78. The number of nitrogens with one attached hydrogen (secondary N) is 1. The van der Waals surface area contributed by atoms with Gasteiger partial charge in [-0.3, -0.25) is 4.90 Å². The number of hydrogen-bond acceptors (Lipinski definition) is 7. The Balaban J connectivity index is 1.48. The number of rotatable bonds is 12. The molecule has 2 aliphatic carbocycles. The molecule has 3 aliphatic rings. The molecule has 1 saturated heterocycles. The minimum Gasteiger partial charge on any atom is -0.448 e. The van der Waals surface area contributed by atoms with E-state index in [-0.39, 0.29) is 17.7 Å². The quantitative estimate of drug-likeness (QED) is 0.403. The molecule has 1 N–H and O–H groups in total. The van der Waals surface area contributed by atoms with Crippen LogP contribution in [0.1, 0.15) is 94.0 Å². The fraction of sp³-hybridized carbons (Fsp3) is 0.857. The summed E-state index contributed by atoms with van der Waals surface area (Å²) in [6.07, 6.45) is 15.0. The van der Waals surface area contributed by atoms with Crippen molar-refractivity contribution in [1.29, 1.82) is 0 Å². The number of carbonyl (C=O) groups is 1. The molecule has 0 radical (unpaired) electrons. The SMILES string of the molecule is CNC(=O)OCCN(C)Cc1cn(C2CCCCO2)nc1C1CCC(OCCCOC)C2(CCCC2)C1. The van der Waals surface area contributed by atoms with E-state index in [0.717, 1.165) is 64.9 Å². The van der Waals surface area contributed by atoms with Crippen molar-refractivity contribution in [3.05, 3.63) is 17.5 Å². The van der Waals surface area contributed by atoms with E-state index in [1.165, 1.54) is 43.4 Å². The first-order valence-corrected chi connectivity index (χ1v) is 14.4. The first-order valence-electron chi connectivity index (χ1n) is 14.4. The van der Waals surface area contributed by atoms with E-state index in [4.69, 9.17) is 24.0 Å². The third-order valence-electron chi connectivity index (χ3n) is 8.55. The number of hydrogen-bond donors (Lipinski definition) is 1. The average molecular weight is 521 g/mol. The summed E-state index contributed by atoms with van der Waals surface area (Å²) in [5, 5.41) is 7.71. The van der Waals surface area contributed by atoms with Crippen LogP contribution in [0.15, 0.2) is 6.20 Å². The van der Waals surface area contributed by atoms with Gasteiger partial charge in [0.1, 0.15) is 12.8 Å². The summed E-state index contributed by atoms with van der Waals surface area (Å²) in [7, 11) is 5.41. The molecule has 9 heteroatoms. The third-order valence-corrected chi connectivity index (χ3v) is 8.55. The van der Waals surface area contributed by atoms with Crippen LogP contribution in [0, 0.1) is 5.41 Å². The molecule has 3 fully saturated rings. The van der Waals surface area contributed by atoms with Gasteiger partial charge in [-0.15, -0.1) is 0 Å². The van der Waals surface area contributed by atoms with Gasteiger partial charge in [-0.25, -0.2) is 9.48 Å². The number of alkyl carbamates (subject to hydrolysis) is 1. The van der Waals surface area contributed by atoms with E-state index < -0.39 is 0 Å². The van der Waals surface area contributed by atoms with E-state index in [1.54, 1.807) is 14.2 Å². The molecule has 2 heterocycles. The van der Waals surface area contributed by atoms with Gasteiger partial charge in [-0.05, 0) is 70.3 Å². The van der Waals surface area contributed by atoms with Gasteiger partial charge in [0.25, 0.3) is 0 Å². The molecule has 3 unspecified atom stereocenters. The Hall–Kier alpha value is -1.68. The van der Waals surface area contributed by atoms with Gasteiger partial charge in [0, 0.05) is 64.7 Å². The van der Waals surface area contributed by atoms with Gasteiger partial charge in [-0.2, -0.15) is 5.10 Å². The highest BCUT2D eigenvalue weighted by Crippen LogP contribution is 2.54. The Morgan fingerprint density at radius 1 is 1.19 bits per heavy atom. The van der Waals surface area contributed by atoms with Crippen molar-refractivity contribution in [3.63, 3.8) is 0 Å². The summed E-state index contributed by atoms with van der Waals surface area (Å²) in [4.78, 5) is 13.7. The minimum atomic E-state index is -0.389. The number of ether oxygens (including phenoxy) is 4. The highest BCUT2D eigenvalue weighted by atomic mass is 16.5. The summed E-state index contributed by atoms with van der Waals surface area (Å²) < 4.78 is 25.1. The van der Waals surface area contributed by atoms with E-state index in [0.29, 0.717) is 25.2 Å². The maximum absolute atomic E-state index is 11.4. The van der Waals surface area contributed by atoms with Gasteiger partial charge >= 0.3 is 6.09 Å². The maximum Gasteiger partial charge on any atom is 0.406 e. The number of nitrogens with zero attached hydrogens (tertiary/aromatic N) is 3. The monoisotopic (exact) mass is 520 g/mol. The number of methoxy groups -OCH3 is 1. The van der Waals surface area contributed by atoms with E-state index in [9.17, 15) is 4.79 Å². The molecule has 3 atom stereocenters. The second-order valence-corrected chi connectivity index (χ2v) is 11.2. The van der Waals surface area contributed by atoms with Crippen molar-refractivity contribution in [2.75, 3.05) is 54.2 Å². The lowest BCUT2D eigenvalue weighted by Crippen LogP contribution is -2.41. The lowest BCUT2D eigenvalue weighted by Gasteiger charge is -2.44. The zero-order valence-electron chi connectivity index (χ0n) is 23.2. The van der Waals surface area contributed by atoms with Crippen molar-refractivity contribution in [1.82, 2.24) is 20.0 Å². The third kappa shape index (κ3) is 7.46. The number of aromatic nitrogens is 2. The van der Waals surface area contributed by atoms with Crippen LogP contribution < -0.4 is 5.32 Å². The fourth-order valence-electron chi connectivity index (χ4n) is 6.64. The van der Waals surface area contributed by atoms with Crippen LogP contribution in [0.2, 0.25) is 0 Å². The van der Waals surface area contributed by atoms with Crippen molar-refractivity contribution in [3.8, 4) is 0 Å². The predicted molar refractivity (Wildman–Crippen MR) is 142 cm³/mol. The highest BCUT2D eigenvalue weighted by molar-refractivity contribution is 5.66. The summed E-state index contributed by atoms with van der Waals surface area (Å²) >= 11 is 0. The smallest absolute Gasteiger partial charge is 0.406 e. The van der Waals surface area contributed by atoms with Crippen molar-refractivity contribution >= 4 is 6.09 Å². The summed E-state index contributed by atoms with van der Waals surface area (Å²) in [6, 6.07) is 0. The van der Waals surface area contributed by atoms with Crippen LogP contribution in [0.3, 0.4) is 0 Å². The Kier molecular flexibility index (Phi) is 10.7. The number of carbonyl (C=O) groups excluding carboxylic acids is 1. The van der Waals surface area contributed by atoms with Crippen LogP contribution >= 0.6 is 0 Å².